The first-order valence-electron chi connectivity index (χ1n) is 5.70. The minimum atomic E-state index is 0.161. The number of carbonyl (C=O) groups excluding carboxylic acids is 1. The molecule has 0 radical (unpaired) electrons. The first-order valence-corrected chi connectivity index (χ1v) is 5.70. The highest BCUT2D eigenvalue weighted by Crippen LogP contribution is 2.07. The molecule has 0 bridgehead atoms. The lowest BCUT2D eigenvalue weighted by molar-refractivity contribution is -0.122. The van der Waals surface area contributed by atoms with Crippen molar-refractivity contribution < 1.29 is 4.79 Å². The molecule has 1 aliphatic heterocycles. The average molecular weight is 222 g/mol. The van der Waals surface area contributed by atoms with Gasteiger partial charge in [-0.2, -0.15) is 5.10 Å². The van der Waals surface area contributed by atoms with Crippen LogP contribution in [0.5, 0.6) is 0 Å². The molecular formula is C11H18N4O. The van der Waals surface area contributed by atoms with Gasteiger partial charge in [-0.05, 0) is 25.1 Å². The van der Waals surface area contributed by atoms with E-state index in [0.717, 1.165) is 25.2 Å². The molecule has 1 aromatic rings. The van der Waals surface area contributed by atoms with Crippen molar-refractivity contribution in [3.05, 3.63) is 18.0 Å². The minimum absolute atomic E-state index is 0.161. The Balaban J connectivity index is 1.63. The van der Waals surface area contributed by atoms with Gasteiger partial charge < -0.3 is 10.6 Å². The maximum atomic E-state index is 11.5. The topological polar surface area (TPSA) is 59.0 Å². The van der Waals surface area contributed by atoms with E-state index in [0.29, 0.717) is 18.9 Å². The molecule has 1 saturated heterocycles. The number of rotatable bonds is 5. The number of amides is 1. The molecule has 0 unspecified atom stereocenters. The van der Waals surface area contributed by atoms with Gasteiger partial charge in [0.15, 0.2) is 0 Å². The predicted molar refractivity (Wildman–Crippen MR) is 60.9 cm³/mol. The summed E-state index contributed by atoms with van der Waals surface area (Å²) >= 11 is 0. The van der Waals surface area contributed by atoms with Gasteiger partial charge in [-0.1, -0.05) is 0 Å². The van der Waals surface area contributed by atoms with Gasteiger partial charge in [0.25, 0.3) is 0 Å². The average Bonchev–Trinajstić information content (AvgIpc) is 2.59. The number of hydrogen-bond donors (Lipinski definition) is 2. The van der Waals surface area contributed by atoms with Crippen LogP contribution in [0, 0.1) is 5.92 Å². The molecule has 2 rings (SSSR count). The van der Waals surface area contributed by atoms with Gasteiger partial charge in [0.1, 0.15) is 0 Å². The number of hydrogen-bond acceptors (Lipinski definition) is 3. The van der Waals surface area contributed by atoms with E-state index in [2.05, 4.69) is 15.7 Å². The van der Waals surface area contributed by atoms with Crippen molar-refractivity contribution in [1.29, 1.82) is 0 Å². The molecule has 2 heterocycles. The fourth-order valence-corrected chi connectivity index (χ4v) is 1.80. The fourth-order valence-electron chi connectivity index (χ4n) is 1.80. The van der Waals surface area contributed by atoms with E-state index in [1.807, 2.05) is 17.8 Å². The smallest absolute Gasteiger partial charge is 0.220 e. The van der Waals surface area contributed by atoms with Crippen LogP contribution in [0.25, 0.3) is 0 Å². The van der Waals surface area contributed by atoms with E-state index < -0.39 is 0 Å². The second-order valence-corrected chi connectivity index (χ2v) is 4.27. The Morgan fingerprint density at radius 3 is 3.06 bits per heavy atom. The molecule has 1 aromatic heterocycles. The lowest BCUT2D eigenvalue weighted by atomic mass is 9.99. The fraction of sp³-hybridized carbons (Fsp3) is 0.636. The van der Waals surface area contributed by atoms with Crippen LogP contribution in [-0.2, 0) is 18.3 Å². The van der Waals surface area contributed by atoms with Crippen molar-refractivity contribution in [2.24, 2.45) is 13.0 Å². The van der Waals surface area contributed by atoms with E-state index in [-0.39, 0.29) is 5.91 Å². The van der Waals surface area contributed by atoms with Gasteiger partial charge in [0.05, 0.1) is 0 Å². The van der Waals surface area contributed by atoms with E-state index >= 15 is 0 Å². The number of aromatic nitrogens is 2. The molecule has 1 amide bonds. The monoisotopic (exact) mass is 222 g/mol. The summed E-state index contributed by atoms with van der Waals surface area (Å²) < 4.78 is 1.84. The Kier molecular flexibility index (Phi) is 3.56. The Labute approximate surface area is 95.2 Å². The van der Waals surface area contributed by atoms with Crippen molar-refractivity contribution in [3.63, 3.8) is 0 Å². The van der Waals surface area contributed by atoms with Gasteiger partial charge in [-0.3, -0.25) is 9.48 Å². The van der Waals surface area contributed by atoms with Crippen LogP contribution in [0.15, 0.2) is 12.3 Å². The summed E-state index contributed by atoms with van der Waals surface area (Å²) in [5.74, 6) is 0.699. The molecule has 2 N–H and O–H groups in total. The number of nitrogens with zero attached hydrogens (tertiary/aromatic N) is 2. The van der Waals surface area contributed by atoms with E-state index in [1.54, 1.807) is 6.20 Å². The van der Waals surface area contributed by atoms with Crippen LogP contribution in [0.4, 0.5) is 0 Å². The van der Waals surface area contributed by atoms with Crippen LogP contribution in [0.3, 0.4) is 0 Å². The second kappa shape index (κ2) is 5.12. The Morgan fingerprint density at radius 2 is 2.50 bits per heavy atom. The minimum Gasteiger partial charge on any atom is -0.356 e. The zero-order chi connectivity index (χ0) is 11.4. The predicted octanol–water partition coefficient (Wildman–Crippen LogP) is -0.312. The van der Waals surface area contributed by atoms with E-state index in [9.17, 15) is 4.79 Å². The van der Waals surface area contributed by atoms with Crippen LogP contribution in [-0.4, -0.2) is 35.3 Å². The SMILES string of the molecule is Cn1nccc1CCNC(=O)CC1CNC1. The maximum absolute atomic E-state index is 11.5. The van der Waals surface area contributed by atoms with Crippen molar-refractivity contribution in [2.75, 3.05) is 19.6 Å². The quantitative estimate of drug-likeness (QED) is 0.718. The molecule has 5 heteroatoms. The second-order valence-electron chi connectivity index (χ2n) is 4.27. The van der Waals surface area contributed by atoms with Gasteiger partial charge in [-0.15, -0.1) is 0 Å². The van der Waals surface area contributed by atoms with Gasteiger partial charge >= 0.3 is 0 Å². The summed E-state index contributed by atoms with van der Waals surface area (Å²) in [6, 6.07) is 1.97. The first-order chi connectivity index (χ1) is 7.75. The number of aryl methyl sites for hydroxylation is 1. The van der Waals surface area contributed by atoms with Crippen molar-refractivity contribution in [2.45, 2.75) is 12.8 Å². The molecule has 0 atom stereocenters. The first kappa shape index (κ1) is 11.1. The molecule has 1 fully saturated rings. The van der Waals surface area contributed by atoms with Crippen LogP contribution >= 0.6 is 0 Å². The third-order valence-electron chi connectivity index (χ3n) is 2.97. The highest BCUT2D eigenvalue weighted by Gasteiger charge is 2.19. The highest BCUT2D eigenvalue weighted by atomic mass is 16.1. The normalized spacial score (nSPS) is 15.8. The molecule has 1 aliphatic rings. The summed E-state index contributed by atoms with van der Waals surface area (Å²) in [4.78, 5) is 11.5. The van der Waals surface area contributed by atoms with Gasteiger partial charge in [0, 0.05) is 38.3 Å². The van der Waals surface area contributed by atoms with Gasteiger partial charge in [0.2, 0.25) is 5.91 Å². The summed E-state index contributed by atoms with van der Waals surface area (Å²) in [5.41, 5.74) is 1.14. The molecule has 0 saturated carbocycles. The highest BCUT2D eigenvalue weighted by molar-refractivity contribution is 5.76. The lowest BCUT2D eigenvalue weighted by Crippen LogP contribution is -2.44. The number of carbonyl (C=O) groups is 1. The molecule has 0 aliphatic carbocycles. The molecule has 88 valence electrons. The third kappa shape index (κ3) is 2.82. The van der Waals surface area contributed by atoms with Crippen LogP contribution in [0.1, 0.15) is 12.1 Å². The van der Waals surface area contributed by atoms with Crippen LogP contribution in [0.2, 0.25) is 0 Å². The third-order valence-corrected chi connectivity index (χ3v) is 2.97. The maximum Gasteiger partial charge on any atom is 0.220 e. The standard InChI is InChI=1S/C11H18N4O/c1-15-10(3-5-14-15)2-4-13-11(16)6-9-7-12-8-9/h3,5,9,12H,2,4,6-8H2,1H3,(H,13,16). The Hall–Kier alpha value is -1.36. The summed E-state index contributed by atoms with van der Waals surface area (Å²) in [5, 5.41) is 10.2. The molecule has 0 aromatic carbocycles. The summed E-state index contributed by atoms with van der Waals surface area (Å²) in [6.07, 6.45) is 3.26. The Morgan fingerprint density at radius 1 is 1.69 bits per heavy atom. The zero-order valence-electron chi connectivity index (χ0n) is 9.57. The zero-order valence-corrected chi connectivity index (χ0v) is 9.57. The molecular weight excluding hydrogens is 204 g/mol. The molecule has 0 spiro atoms. The van der Waals surface area contributed by atoms with E-state index in [1.165, 1.54) is 0 Å². The van der Waals surface area contributed by atoms with Crippen LogP contribution < -0.4 is 10.6 Å². The van der Waals surface area contributed by atoms with E-state index in [4.69, 9.17) is 0 Å². The van der Waals surface area contributed by atoms with Gasteiger partial charge in [-0.25, -0.2) is 0 Å². The lowest BCUT2D eigenvalue weighted by Gasteiger charge is -2.26. The molecule has 5 nitrogen and oxygen atoms in total. The number of nitrogens with one attached hydrogen (secondary N) is 2. The largest absolute Gasteiger partial charge is 0.356 e. The van der Waals surface area contributed by atoms with Crippen molar-refractivity contribution in [1.82, 2.24) is 20.4 Å². The Bertz CT molecular complexity index is 357. The summed E-state index contributed by atoms with van der Waals surface area (Å²) in [6.45, 7) is 2.66. The van der Waals surface area contributed by atoms with Crippen molar-refractivity contribution >= 4 is 5.91 Å². The van der Waals surface area contributed by atoms with Crippen molar-refractivity contribution in [3.8, 4) is 0 Å². The summed E-state index contributed by atoms with van der Waals surface area (Å²) in [7, 11) is 1.91. The molecule has 16 heavy (non-hydrogen) atoms.